The molecule has 3 heterocycles. The Hall–Kier alpha value is -2.18. The van der Waals surface area contributed by atoms with Crippen molar-refractivity contribution >= 4 is 27.9 Å². The van der Waals surface area contributed by atoms with E-state index < -0.39 is 0 Å². The van der Waals surface area contributed by atoms with Gasteiger partial charge in [0.25, 0.3) is 0 Å². The molecule has 0 spiro atoms. The number of fused-ring (bicyclic) bond motifs is 3. The first-order valence-corrected chi connectivity index (χ1v) is 7.96. The number of ether oxygens (including phenoxy) is 1. The monoisotopic (exact) mass is 313 g/mol. The SMILES string of the molecule is OCCOC1CCCN(c2ncnc3c2oc2ccccc23)C1. The van der Waals surface area contributed by atoms with Gasteiger partial charge in [-0.05, 0) is 25.0 Å². The molecule has 6 nitrogen and oxygen atoms in total. The summed E-state index contributed by atoms with van der Waals surface area (Å²) in [6.45, 7) is 2.10. The summed E-state index contributed by atoms with van der Waals surface area (Å²) in [6, 6.07) is 7.90. The van der Waals surface area contributed by atoms with Gasteiger partial charge in [-0.15, -0.1) is 0 Å². The van der Waals surface area contributed by atoms with Crippen LogP contribution in [0.4, 0.5) is 5.82 Å². The van der Waals surface area contributed by atoms with Crippen molar-refractivity contribution in [2.75, 3.05) is 31.2 Å². The van der Waals surface area contributed by atoms with E-state index >= 15 is 0 Å². The number of nitrogens with zero attached hydrogens (tertiary/aromatic N) is 3. The number of aliphatic hydroxyl groups excluding tert-OH is 1. The molecule has 23 heavy (non-hydrogen) atoms. The Morgan fingerprint density at radius 3 is 3.13 bits per heavy atom. The molecule has 2 aromatic heterocycles. The molecule has 1 atom stereocenters. The number of hydrogen-bond donors (Lipinski definition) is 1. The average Bonchev–Trinajstić information content (AvgIpc) is 2.99. The van der Waals surface area contributed by atoms with Crippen molar-refractivity contribution in [2.24, 2.45) is 0 Å². The highest BCUT2D eigenvalue weighted by Crippen LogP contribution is 2.33. The molecule has 1 saturated heterocycles. The lowest BCUT2D eigenvalue weighted by atomic mass is 10.1. The normalized spacial score (nSPS) is 18.8. The van der Waals surface area contributed by atoms with Gasteiger partial charge in [0, 0.05) is 18.5 Å². The number of rotatable bonds is 4. The van der Waals surface area contributed by atoms with Crippen LogP contribution in [-0.2, 0) is 4.74 Å². The maximum atomic E-state index is 8.93. The molecule has 1 N–H and O–H groups in total. The summed E-state index contributed by atoms with van der Waals surface area (Å²) in [7, 11) is 0. The third kappa shape index (κ3) is 2.64. The maximum absolute atomic E-state index is 8.93. The average molecular weight is 313 g/mol. The lowest BCUT2D eigenvalue weighted by molar-refractivity contribution is 0.0213. The van der Waals surface area contributed by atoms with E-state index in [-0.39, 0.29) is 12.7 Å². The van der Waals surface area contributed by atoms with Crippen LogP contribution in [0.5, 0.6) is 0 Å². The van der Waals surface area contributed by atoms with E-state index in [1.54, 1.807) is 6.33 Å². The van der Waals surface area contributed by atoms with Crippen molar-refractivity contribution in [1.82, 2.24) is 9.97 Å². The fraction of sp³-hybridized carbons (Fsp3) is 0.412. The Morgan fingerprint density at radius 1 is 1.30 bits per heavy atom. The molecule has 0 bridgehead atoms. The van der Waals surface area contributed by atoms with Crippen LogP contribution in [0.25, 0.3) is 22.1 Å². The molecule has 1 unspecified atom stereocenters. The summed E-state index contributed by atoms with van der Waals surface area (Å²) in [6.07, 6.45) is 3.75. The number of benzene rings is 1. The van der Waals surface area contributed by atoms with E-state index in [4.69, 9.17) is 14.3 Å². The van der Waals surface area contributed by atoms with Gasteiger partial charge in [-0.1, -0.05) is 12.1 Å². The molecule has 6 heteroatoms. The van der Waals surface area contributed by atoms with E-state index in [1.807, 2.05) is 24.3 Å². The minimum absolute atomic E-state index is 0.0534. The van der Waals surface area contributed by atoms with Crippen molar-refractivity contribution in [2.45, 2.75) is 18.9 Å². The predicted molar refractivity (Wildman–Crippen MR) is 87.6 cm³/mol. The van der Waals surface area contributed by atoms with E-state index in [1.165, 1.54) is 0 Å². The lowest BCUT2D eigenvalue weighted by Crippen LogP contribution is -2.40. The van der Waals surface area contributed by atoms with E-state index in [0.29, 0.717) is 6.61 Å². The Morgan fingerprint density at radius 2 is 2.22 bits per heavy atom. The molecule has 0 aliphatic carbocycles. The summed E-state index contributed by atoms with van der Waals surface area (Å²) >= 11 is 0. The van der Waals surface area contributed by atoms with Gasteiger partial charge < -0.3 is 19.2 Å². The second-order valence-electron chi connectivity index (χ2n) is 5.78. The predicted octanol–water partition coefficient (Wildman–Crippen LogP) is 2.35. The van der Waals surface area contributed by atoms with Gasteiger partial charge in [0.15, 0.2) is 11.4 Å². The van der Waals surface area contributed by atoms with Crippen LogP contribution in [-0.4, -0.2) is 47.5 Å². The summed E-state index contributed by atoms with van der Waals surface area (Å²) in [5.41, 5.74) is 2.41. The first-order valence-electron chi connectivity index (χ1n) is 7.96. The Balaban J connectivity index is 1.70. The van der Waals surface area contributed by atoms with E-state index in [2.05, 4.69) is 14.9 Å². The second-order valence-corrected chi connectivity index (χ2v) is 5.78. The van der Waals surface area contributed by atoms with Crippen molar-refractivity contribution < 1.29 is 14.3 Å². The van der Waals surface area contributed by atoms with Gasteiger partial charge in [0.2, 0.25) is 0 Å². The molecule has 4 rings (SSSR count). The van der Waals surface area contributed by atoms with Crippen molar-refractivity contribution in [1.29, 1.82) is 0 Å². The fourth-order valence-corrected chi connectivity index (χ4v) is 3.22. The van der Waals surface area contributed by atoms with Gasteiger partial charge in [-0.2, -0.15) is 0 Å². The molecule has 1 fully saturated rings. The molecule has 3 aromatic rings. The van der Waals surface area contributed by atoms with Crippen molar-refractivity contribution in [3.63, 3.8) is 0 Å². The molecule has 1 aliphatic heterocycles. The summed E-state index contributed by atoms with van der Waals surface area (Å²) < 4.78 is 11.7. The zero-order valence-corrected chi connectivity index (χ0v) is 12.8. The molecule has 1 aromatic carbocycles. The zero-order valence-electron chi connectivity index (χ0n) is 12.8. The third-order valence-electron chi connectivity index (χ3n) is 4.26. The van der Waals surface area contributed by atoms with Crippen LogP contribution >= 0.6 is 0 Å². The smallest absolute Gasteiger partial charge is 0.196 e. The number of furan rings is 1. The number of anilines is 1. The zero-order chi connectivity index (χ0) is 15.6. The third-order valence-corrected chi connectivity index (χ3v) is 4.26. The van der Waals surface area contributed by atoms with Crippen LogP contribution in [0.15, 0.2) is 35.0 Å². The van der Waals surface area contributed by atoms with Gasteiger partial charge in [-0.3, -0.25) is 0 Å². The van der Waals surface area contributed by atoms with Crippen LogP contribution in [0.3, 0.4) is 0 Å². The standard InChI is InChI=1S/C17H19N3O3/c21-8-9-22-12-4-3-7-20(10-12)17-16-15(18-11-19-17)13-5-1-2-6-14(13)23-16/h1-2,5-6,11-12,21H,3-4,7-10H2. The summed E-state index contributed by atoms with van der Waals surface area (Å²) in [4.78, 5) is 11.0. The van der Waals surface area contributed by atoms with Crippen molar-refractivity contribution in [3.05, 3.63) is 30.6 Å². The number of hydrogen-bond acceptors (Lipinski definition) is 6. The van der Waals surface area contributed by atoms with E-state index in [9.17, 15) is 0 Å². The lowest BCUT2D eigenvalue weighted by Gasteiger charge is -2.33. The number of piperidine rings is 1. The summed E-state index contributed by atoms with van der Waals surface area (Å²) in [5.74, 6) is 0.823. The summed E-state index contributed by atoms with van der Waals surface area (Å²) in [5, 5.41) is 9.94. The Kier molecular flexibility index (Phi) is 3.85. The molecule has 0 saturated carbocycles. The van der Waals surface area contributed by atoms with Crippen LogP contribution in [0.2, 0.25) is 0 Å². The first-order chi connectivity index (χ1) is 11.4. The van der Waals surface area contributed by atoms with Crippen molar-refractivity contribution in [3.8, 4) is 0 Å². The second kappa shape index (κ2) is 6.14. The largest absolute Gasteiger partial charge is 0.450 e. The minimum atomic E-state index is 0.0534. The molecule has 0 radical (unpaired) electrons. The maximum Gasteiger partial charge on any atom is 0.196 e. The molecular formula is C17H19N3O3. The first kappa shape index (κ1) is 14.4. The van der Waals surface area contributed by atoms with E-state index in [0.717, 1.165) is 53.8 Å². The van der Waals surface area contributed by atoms with Crippen LogP contribution in [0, 0.1) is 0 Å². The Bertz CT molecular complexity index is 817. The molecule has 0 amide bonds. The number of aliphatic hydroxyl groups is 1. The highest BCUT2D eigenvalue weighted by atomic mass is 16.5. The number of para-hydroxylation sites is 1. The van der Waals surface area contributed by atoms with Crippen LogP contribution < -0.4 is 4.90 Å². The van der Waals surface area contributed by atoms with Crippen LogP contribution in [0.1, 0.15) is 12.8 Å². The van der Waals surface area contributed by atoms with Gasteiger partial charge in [-0.25, -0.2) is 9.97 Å². The topological polar surface area (TPSA) is 71.6 Å². The number of aromatic nitrogens is 2. The highest BCUT2D eigenvalue weighted by Gasteiger charge is 2.24. The van der Waals surface area contributed by atoms with Gasteiger partial charge in [0.1, 0.15) is 17.4 Å². The van der Waals surface area contributed by atoms with Gasteiger partial charge >= 0.3 is 0 Å². The fourth-order valence-electron chi connectivity index (χ4n) is 3.22. The molecule has 120 valence electrons. The molecular weight excluding hydrogens is 294 g/mol. The van der Waals surface area contributed by atoms with Gasteiger partial charge in [0.05, 0.1) is 19.3 Å². The highest BCUT2D eigenvalue weighted by molar-refractivity contribution is 6.05. The Labute approximate surface area is 133 Å². The minimum Gasteiger partial charge on any atom is -0.450 e. The molecule has 1 aliphatic rings. The quantitative estimate of drug-likeness (QED) is 0.797.